The minimum absolute atomic E-state index is 0.229. The van der Waals surface area contributed by atoms with Crippen LogP contribution < -0.4 is 0 Å². The van der Waals surface area contributed by atoms with Crippen LogP contribution in [0, 0.1) is 0 Å². The lowest BCUT2D eigenvalue weighted by molar-refractivity contribution is -0.164. The van der Waals surface area contributed by atoms with Gasteiger partial charge in [0.25, 0.3) is 0 Å². The summed E-state index contributed by atoms with van der Waals surface area (Å²) in [6.45, 7) is 5.57. The minimum Gasteiger partial charge on any atom is -0.479 e. The highest BCUT2D eigenvalue weighted by Crippen LogP contribution is 2.15. The standard InChI is InChI=1S/C9H16O4/c1-4-6-13-9(2,8(10)11)5-7-12-3/h4H,1,5-7H2,2-3H3,(H,10,11). The molecule has 13 heavy (non-hydrogen) atoms. The van der Waals surface area contributed by atoms with E-state index in [9.17, 15) is 4.79 Å². The maximum Gasteiger partial charge on any atom is 0.335 e. The van der Waals surface area contributed by atoms with Crippen molar-refractivity contribution >= 4 is 5.97 Å². The van der Waals surface area contributed by atoms with E-state index in [0.717, 1.165) is 0 Å². The average molecular weight is 188 g/mol. The highest BCUT2D eigenvalue weighted by atomic mass is 16.5. The fraction of sp³-hybridized carbons (Fsp3) is 0.667. The first-order valence-electron chi connectivity index (χ1n) is 4.04. The average Bonchev–Trinajstić information content (AvgIpc) is 2.11. The molecule has 0 aliphatic heterocycles. The molecule has 0 heterocycles. The molecule has 0 radical (unpaired) electrons. The summed E-state index contributed by atoms with van der Waals surface area (Å²) in [5.41, 5.74) is -1.18. The van der Waals surface area contributed by atoms with Crippen molar-refractivity contribution < 1.29 is 19.4 Å². The van der Waals surface area contributed by atoms with Gasteiger partial charge in [-0.15, -0.1) is 6.58 Å². The summed E-state index contributed by atoms with van der Waals surface area (Å²) in [6.07, 6.45) is 1.85. The second-order valence-electron chi connectivity index (χ2n) is 2.88. The topological polar surface area (TPSA) is 55.8 Å². The number of rotatable bonds is 7. The van der Waals surface area contributed by atoms with Gasteiger partial charge in [0.05, 0.1) is 6.61 Å². The molecule has 4 heteroatoms. The molecule has 0 aromatic rings. The summed E-state index contributed by atoms with van der Waals surface area (Å²) < 4.78 is 9.94. The van der Waals surface area contributed by atoms with E-state index in [-0.39, 0.29) is 6.61 Å². The predicted molar refractivity (Wildman–Crippen MR) is 48.7 cm³/mol. The van der Waals surface area contributed by atoms with E-state index in [1.807, 2.05) is 0 Å². The van der Waals surface area contributed by atoms with Crippen molar-refractivity contribution in [2.75, 3.05) is 20.3 Å². The lowest BCUT2D eigenvalue weighted by Crippen LogP contribution is -2.39. The quantitative estimate of drug-likeness (QED) is 0.607. The van der Waals surface area contributed by atoms with Gasteiger partial charge in [-0.2, -0.15) is 0 Å². The third-order valence-corrected chi connectivity index (χ3v) is 1.76. The van der Waals surface area contributed by atoms with Crippen LogP contribution in [0.1, 0.15) is 13.3 Å². The number of hydrogen-bond acceptors (Lipinski definition) is 3. The van der Waals surface area contributed by atoms with Crippen LogP contribution in [0.3, 0.4) is 0 Å². The Balaban J connectivity index is 4.15. The minimum atomic E-state index is -1.18. The Kier molecular flexibility index (Phi) is 5.34. The van der Waals surface area contributed by atoms with Crippen molar-refractivity contribution in [3.05, 3.63) is 12.7 Å². The number of ether oxygens (including phenoxy) is 2. The summed E-state index contributed by atoms with van der Waals surface area (Å²) in [7, 11) is 1.52. The van der Waals surface area contributed by atoms with Crippen LogP contribution in [0.2, 0.25) is 0 Å². The van der Waals surface area contributed by atoms with Crippen molar-refractivity contribution in [1.29, 1.82) is 0 Å². The first-order chi connectivity index (χ1) is 6.06. The van der Waals surface area contributed by atoms with Crippen LogP contribution >= 0.6 is 0 Å². The Morgan fingerprint density at radius 2 is 2.31 bits per heavy atom. The third-order valence-electron chi connectivity index (χ3n) is 1.76. The maximum atomic E-state index is 10.8. The number of carbonyl (C=O) groups is 1. The van der Waals surface area contributed by atoms with Gasteiger partial charge in [0, 0.05) is 20.1 Å². The van der Waals surface area contributed by atoms with Crippen molar-refractivity contribution in [2.45, 2.75) is 18.9 Å². The zero-order valence-electron chi connectivity index (χ0n) is 8.08. The monoisotopic (exact) mass is 188 g/mol. The van der Waals surface area contributed by atoms with E-state index in [1.165, 1.54) is 20.1 Å². The third kappa shape index (κ3) is 4.05. The number of carboxylic acid groups (broad SMARTS) is 1. The number of hydrogen-bond donors (Lipinski definition) is 1. The largest absolute Gasteiger partial charge is 0.479 e. The molecule has 0 saturated carbocycles. The molecule has 0 bridgehead atoms. The van der Waals surface area contributed by atoms with Crippen molar-refractivity contribution in [3.63, 3.8) is 0 Å². The SMILES string of the molecule is C=CCOC(C)(CCOC)C(=O)O. The number of aliphatic carboxylic acids is 1. The zero-order chi connectivity index (χ0) is 10.3. The van der Waals surface area contributed by atoms with Gasteiger partial charge in [-0.3, -0.25) is 0 Å². The van der Waals surface area contributed by atoms with Crippen molar-refractivity contribution in [3.8, 4) is 0 Å². The van der Waals surface area contributed by atoms with E-state index in [4.69, 9.17) is 14.6 Å². The normalized spacial score (nSPS) is 14.9. The molecule has 0 fully saturated rings. The van der Waals surface area contributed by atoms with Crippen LogP contribution in [0.4, 0.5) is 0 Å². The molecule has 1 atom stereocenters. The second-order valence-corrected chi connectivity index (χ2v) is 2.88. The molecule has 0 rings (SSSR count). The van der Waals surface area contributed by atoms with Crippen LogP contribution in [0.25, 0.3) is 0 Å². The Morgan fingerprint density at radius 1 is 1.69 bits per heavy atom. The maximum absolute atomic E-state index is 10.8. The van der Waals surface area contributed by atoms with Gasteiger partial charge in [-0.25, -0.2) is 4.79 Å². The summed E-state index contributed by atoms with van der Waals surface area (Å²) in [6, 6.07) is 0. The van der Waals surface area contributed by atoms with Gasteiger partial charge in [0.1, 0.15) is 0 Å². The van der Waals surface area contributed by atoms with Crippen LogP contribution in [0.15, 0.2) is 12.7 Å². The summed E-state index contributed by atoms with van der Waals surface area (Å²) in [5, 5.41) is 8.87. The molecule has 0 aliphatic rings. The fourth-order valence-corrected chi connectivity index (χ4v) is 0.781. The van der Waals surface area contributed by atoms with E-state index >= 15 is 0 Å². The Labute approximate surface area is 78.2 Å². The van der Waals surface area contributed by atoms with E-state index in [0.29, 0.717) is 13.0 Å². The second kappa shape index (κ2) is 5.72. The molecule has 0 aromatic carbocycles. The molecule has 1 N–H and O–H groups in total. The van der Waals surface area contributed by atoms with E-state index in [1.54, 1.807) is 0 Å². The molecule has 0 saturated heterocycles. The van der Waals surface area contributed by atoms with Gasteiger partial charge in [0.2, 0.25) is 0 Å². The Hall–Kier alpha value is -0.870. The molecular formula is C9H16O4. The highest BCUT2D eigenvalue weighted by molar-refractivity contribution is 5.76. The molecule has 0 spiro atoms. The lowest BCUT2D eigenvalue weighted by Gasteiger charge is -2.24. The van der Waals surface area contributed by atoms with E-state index in [2.05, 4.69) is 6.58 Å². The smallest absolute Gasteiger partial charge is 0.335 e. The van der Waals surface area contributed by atoms with Gasteiger partial charge in [0.15, 0.2) is 5.60 Å². The molecule has 0 amide bonds. The molecule has 0 aliphatic carbocycles. The first-order valence-corrected chi connectivity index (χ1v) is 4.04. The van der Waals surface area contributed by atoms with Gasteiger partial charge < -0.3 is 14.6 Å². The molecule has 76 valence electrons. The summed E-state index contributed by atoms with van der Waals surface area (Å²) in [5.74, 6) is -0.980. The Morgan fingerprint density at radius 3 is 2.69 bits per heavy atom. The molecular weight excluding hydrogens is 172 g/mol. The first kappa shape index (κ1) is 12.1. The molecule has 1 unspecified atom stereocenters. The predicted octanol–water partition coefficient (Wildman–Crippen LogP) is 1.07. The van der Waals surface area contributed by atoms with E-state index < -0.39 is 11.6 Å². The number of methoxy groups -OCH3 is 1. The molecule has 4 nitrogen and oxygen atoms in total. The van der Waals surface area contributed by atoms with Crippen LogP contribution in [-0.4, -0.2) is 37.0 Å². The number of carboxylic acids is 1. The fourth-order valence-electron chi connectivity index (χ4n) is 0.781. The summed E-state index contributed by atoms with van der Waals surface area (Å²) in [4.78, 5) is 10.8. The zero-order valence-corrected chi connectivity index (χ0v) is 8.08. The Bertz CT molecular complexity index is 178. The lowest BCUT2D eigenvalue weighted by atomic mass is 10.0. The van der Waals surface area contributed by atoms with Gasteiger partial charge >= 0.3 is 5.97 Å². The van der Waals surface area contributed by atoms with Gasteiger partial charge in [-0.1, -0.05) is 6.08 Å². The van der Waals surface area contributed by atoms with Crippen LogP contribution in [-0.2, 0) is 14.3 Å². The van der Waals surface area contributed by atoms with Crippen molar-refractivity contribution in [1.82, 2.24) is 0 Å². The highest BCUT2D eigenvalue weighted by Gasteiger charge is 2.33. The van der Waals surface area contributed by atoms with Gasteiger partial charge in [-0.05, 0) is 6.92 Å². The van der Waals surface area contributed by atoms with Crippen molar-refractivity contribution in [2.24, 2.45) is 0 Å². The summed E-state index contributed by atoms with van der Waals surface area (Å²) >= 11 is 0. The van der Waals surface area contributed by atoms with Crippen LogP contribution in [0.5, 0.6) is 0 Å². The molecule has 0 aromatic heterocycles.